The first kappa shape index (κ1) is 10.1. The molecular formula is C6H3BrF3NO2. The topological polar surface area (TPSA) is 53.1 Å². The zero-order valence-electron chi connectivity index (χ0n) is 5.94. The van der Waals surface area contributed by atoms with Crippen LogP contribution in [0, 0.1) is 0 Å². The van der Waals surface area contributed by atoms with Gasteiger partial charge in [-0.1, -0.05) is 0 Å². The maximum absolute atomic E-state index is 12.1. The van der Waals surface area contributed by atoms with Crippen LogP contribution in [0.25, 0.3) is 0 Å². The molecule has 0 aliphatic carbocycles. The normalized spacial score (nSPS) is 11.7. The number of aromatic amines is 1. The number of halogens is 4. The predicted molar refractivity (Wildman–Crippen MR) is 41.4 cm³/mol. The third-order valence-electron chi connectivity index (χ3n) is 1.24. The first-order valence-corrected chi connectivity index (χ1v) is 3.80. The molecule has 0 radical (unpaired) electrons. The second-order valence-electron chi connectivity index (χ2n) is 2.21. The predicted octanol–water partition coefficient (Wildman–Crippen LogP) is 1.86. The fourth-order valence-corrected chi connectivity index (χ4v) is 1.16. The molecule has 0 spiro atoms. The molecule has 1 rings (SSSR count). The van der Waals surface area contributed by atoms with Gasteiger partial charge in [-0.2, -0.15) is 13.2 Å². The third-order valence-corrected chi connectivity index (χ3v) is 2.05. The van der Waals surface area contributed by atoms with Gasteiger partial charge in [0.1, 0.15) is 11.4 Å². The Morgan fingerprint density at radius 2 is 2.00 bits per heavy atom. The van der Waals surface area contributed by atoms with Crippen molar-refractivity contribution < 1.29 is 18.3 Å². The van der Waals surface area contributed by atoms with Gasteiger partial charge in [0.25, 0.3) is 5.56 Å². The Kier molecular flexibility index (Phi) is 2.38. The van der Waals surface area contributed by atoms with Crippen molar-refractivity contribution in [3.63, 3.8) is 0 Å². The fourth-order valence-electron chi connectivity index (χ4n) is 0.725. The number of alkyl halides is 3. The highest BCUT2D eigenvalue weighted by Gasteiger charge is 2.35. The highest BCUT2D eigenvalue weighted by atomic mass is 79.9. The highest BCUT2D eigenvalue weighted by Crippen LogP contribution is 2.36. The Bertz CT molecular complexity index is 384. The lowest BCUT2D eigenvalue weighted by molar-refractivity contribution is -0.142. The average molecular weight is 258 g/mol. The van der Waals surface area contributed by atoms with Crippen molar-refractivity contribution in [3.05, 3.63) is 26.6 Å². The molecular weight excluding hydrogens is 255 g/mol. The van der Waals surface area contributed by atoms with Crippen LogP contribution in [0.2, 0.25) is 0 Å². The summed E-state index contributed by atoms with van der Waals surface area (Å²) in [5.74, 6) is -0.740. The first-order valence-electron chi connectivity index (χ1n) is 3.01. The fraction of sp³-hybridized carbons (Fsp3) is 0.167. The van der Waals surface area contributed by atoms with E-state index in [2.05, 4.69) is 15.9 Å². The molecule has 0 fully saturated rings. The highest BCUT2D eigenvalue weighted by molar-refractivity contribution is 9.10. The van der Waals surface area contributed by atoms with Crippen LogP contribution < -0.4 is 5.56 Å². The smallest absolute Gasteiger partial charge is 0.432 e. The molecule has 1 aromatic heterocycles. The molecule has 1 heterocycles. The van der Waals surface area contributed by atoms with Crippen LogP contribution in [0.15, 0.2) is 15.3 Å². The van der Waals surface area contributed by atoms with Gasteiger partial charge in [0.15, 0.2) is 0 Å². The van der Waals surface area contributed by atoms with Crippen molar-refractivity contribution in [2.45, 2.75) is 6.18 Å². The number of aromatic hydroxyl groups is 1. The molecule has 0 aliphatic heterocycles. The number of H-pyrrole nitrogens is 1. The summed E-state index contributed by atoms with van der Waals surface area (Å²) in [5.41, 5.74) is -2.30. The molecule has 7 heteroatoms. The van der Waals surface area contributed by atoms with Gasteiger partial charge >= 0.3 is 6.18 Å². The molecule has 0 amide bonds. The number of hydrogen-bond acceptors (Lipinski definition) is 2. The van der Waals surface area contributed by atoms with Crippen molar-refractivity contribution >= 4 is 15.9 Å². The molecule has 0 saturated heterocycles. The van der Waals surface area contributed by atoms with E-state index in [1.165, 1.54) is 0 Å². The number of rotatable bonds is 0. The molecule has 72 valence electrons. The van der Waals surface area contributed by atoms with Gasteiger partial charge in [-0.3, -0.25) is 4.79 Å². The van der Waals surface area contributed by atoms with Crippen molar-refractivity contribution in [2.75, 3.05) is 0 Å². The number of pyridine rings is 1. The maximum Gasteiger partial charge on any atom is 0.432 e. The van der Waals surface area contributed by atoms with Crippen molar-refractivity contribution in [2.24, 2.45) is 0 Å². The van der Waals surface area contributed by atoms with E-state index in [9.17, 15) is 18.0 Å². The van der Waals surface area contributed by atoms with Crippen LogP contribution in [-0.2, 0) is 6.18 Å². The minimum atomic E-state index is -4.70. The van der Waals surface area contributed by atoms with Gasteiger partial charge < -0.3 is 10.1 Å². The van der Waals surface area contributed by atoms with E-state index in [4.69, 9.17) is 5.11 Å². The standard InChI is InChI=1S/C6H3BrF3NO2/c7-4-2(12)1-3(13)11-5(4)6(8,9)10/h1H,(H2,11,12,13). The quantitative estimate of drug-likeness (QED) is 0.746. The molecule has 0 atom stereocenters. The second kappa shape index (κ2) is 3.06. The Hall–Kier alpha value is -0.980. The molecule has 0 unspecified atom stereocenters. The van der Waals surface area contributed by atoms with Gasteiger partial charge in [0, 0.05) is 6.07 Å². The maximum atomic E-state index is 12.1. The van der Waals surface area contributed by atoms with E-state index < -0.39 is 27.7 Å². The zero-order chi connectivity index (χ0) is 10.2. The largest absolute Gasteiger partial charge is 0.506 e. The number of nitrogens with one attached hydrogen (secondary N) is 1. The van der Waals surface area contributed by atoms with Crippen molar-refractivity contribution in [1.82, 2.24) is 4.98 Å². The Balaban J connectivity index is 3.46. The summed E-state index contributed by atoms with van der Waals surface area (Å²) in [6.45, 7) is 0. The van der Waals surface area contributed by atoms with Crippen LogP contribution in [0.5, 0.6) is 5.75 Å². The number of aromatic nitrogens is 1. The van der Waals surface area contributed by atoms with Crippen LogP contribution in [0.4, 0.5) is 13.2 Å². The monoisotopic (exact) mass is 257 g/mol. The summed E-state index contributed by atoms with van der Waals surface area (Å²) in [4.78, 5) is 12.1. The van der Waals surface area contributed by atoms with Crippen LogP contribution in [0.3, 0.4) is 0 Å². The average Bonchev–Trinajstić information content (AvgIpc) is 1.94. The van der Waals surface area contributed by atoms with Gasteiger partial charge in [-0.15, -0.1) is 0 Å². The molecule has 3 nitrogen and oxygen atoms in total. The van der Waals surface area contributed by atoms with Crippen LogP contribution in [0.1, 0.15) is 5.69 Å². The minimum Gasteiger partial charge on any atom is -0.506 e. The molecule has 0 aromatic carbocycles. The lowest BCUT2D eigenvalue weighted by atomic mass is 10.3. The third kappa shape index (κ3) is 2.03. The van der Waals surface area contributed by atoms with Gasteiger partial charge in [-0.25, -0.2) is 0 Å². The van der Waals surface area contributed by atoms with E-state index >= 15 is 0 Å². The van der Waals surface area contributed by atoms with Gasteiger partial charge in [0.2, 0.25) is 0 Å². The van der Waals surface area contributed by atoms with Crippen molar-refractivity contribution in [1.29, 1.82) is 0 Å². The molecule has 1 aromatic rings. The van der Waals surface area contributed by atoms with Gasteiger partial charge in [0.05, 0.1) is 4.47 Å². The lowest BCUT2D eigenvalue weighted by Gasteiger charge is -2.08. The molecule has 0 bridgehead atoms. The minimum absolute atomic E-state index is 0.570. The van der Waals surface area contributed by atoms with E-state index in [-0.39, 0.29) is 0 Å². The van der Waals surface area contributed by atoms with E-state index in [0.717, 1.165) is 0 Å². The molecule has 2 N–H and O–H groups in total. The summed E-state index contributed by atoms with van der Waals surface area (Å²) >= 11 is 2.51. The van der Waals surface area contributed by atoms with E-state index in [1.807, 2.05) is 0 Å². The van der Waals surface area contributed by atoms with Crippen LogP contribution >= 0.6 is 15.9 Å². The summed E-state index contributed by atoms with van der Waals surface area (Å²) in [6.07, 6.45) is -4.70. The van der Waals surface area contributed by atoms with Crippen LogP contribution in [-0.4, -0.2) is 10.1 Å². The summed E-state index contributed by atoms with van der Waals surface area (Å²) < 4.78 is 35.7. The SMILES string of the molecule is O=c1cc(O)c(Br)c(C(F)(F)F)[nH]1. The zero-order valence-corrected chi connectivity index (χ0v) is 7.53. The summed E-state index contributed by atoms with van der Waals surface area (Å²) in [7, 11) is 0. The van der Waals surface area contributed by atoms with E-state index in [0.29, 0.717) is 6.07 Å². The second-order valence-corrected chi connectivity index (χ2v) is 3.00. The summed E-state index contributed by atoms with van der Waals surface area (Å²) in [5, 5.41) is 8.88. The Morgan fingerprint density at radius 3 is 2.46 bits per heavy atom. The Labute approximate surface area is 78.3 Å². The number of hydrogen-bond donors (Lipinski definition) is 2. The van der Waals surface area contributed by atoms with E-state index in [1.54, 1.807) is 4.98 Å². The molecule has 0 aliphatic rings. The molecule has 0 saturated carbocycles. The molecule has 13 heavy (non-hydrogen) atoms. The van der Waals surface area contributed by atoms with Crippen molar-refractivity contribution in [3.8, 4) is 5.75 Å². The van der Waals surface area contributed by atoms with Gasteiger partial charge in [-0.05, 0) is 15.9 Å². The Morgan fingerprint density at radius 1 is 1.46 bits per heavy atom. The lowest BCUT2D eigenvalue weighted by Crippen LogP contribution is -2.16. The first-order chi connectivity index (χ1) is 5.82. The summed E-state index contributed by atoms with van der Waals surface area (Å²) in [6, 6.07) is 0.652.